The summed E-state index contributed by atoms with van der Waals surface area (Å²) in [6, 6.07) is 8.04. The zero-order chi connectivity index (χ0) is 12.4. The summed E-state index contributed by atoms with van der Waals surface area (Å²) in [7, 11) is 0. The number of hydrogen-bond acceptors (Lipinski definition) is 4. The summed E-state index contributed by atoms with van der Waals surface area (Å²) in [5.41, 5.74) is 2.85. The Hall–Kier alpha value is -1.59. The van der Waals surface area contributed by atoms with E-state index in [1.165, 1.54) is 0 Å². The molecule has 5 heteroatoms. The molecular weight excluding hydrogens is 310 g/mol. The van der Waals surface area contributed by atoms with Crippen LogP contribution in [-0.4, -0.2) is 15.0 Å². The third-order valence-electron chi connectivity index (χ3n) is 2.44. The van der Waals surface area contributed by atoms with Crippen LogP contribution in [0.2, 0.25) is 0 Å². The molecule has 1 aromatic carbocycles. The normalized spacial score (nSPS) is 10.5. The molecule has 0 unspecified atom stereocenters. The van der Waals surface area contributed by atoms with Crippen molar-refractivity contribution in [2.45, 2.75) is 0 Å². The lowest BCUT2D eigenvalue weighted by atomic mass is 10.2. The first-order valence-corrected chi connectivity index (χ1v) is 6.98. The van der Waals surface area contributed by atoms with Gasteiger partial charge in [-0.15, -0.1) is 11.3 Å². The zero-order valence-corrected chi connectivity index (χ0v) is 11.6. The first-order valence-electron chi connectivity index (χ1n) is 5.31. The molecule has 3 aromatic rings. The van der Waals surface area contributed by atoms with Gasteiger partial charge in [-0.2, -0.15) is 0 Å². The molecule has 0 aliphatic carbocycles. The van der Waals surface area contributed by atoms with Gasteiger partial charge in [0.25, 0.3) is 0 Å². The fourth-order valence-corrected chi connectivity index (χ4v) is 2.86. The van der Waals surface area contributed by atoms with Gasteiger partial charge in [0, 0.05) is 27.8 Å². The molecule has 2 aromatic heterocycles. The second-order valence-electron chi connectivity index (χ2n) is 3.61. The first-order chi connectivity index (χ1) is 8.84. The molecule has 2 heterocycles. The van der Waals surface area contributed by atoms with Crippen molar-refractivity contribution in [3.63, 3.8) is 0 Å². The zero-order valence-electron chi connectivity index (χ0n) is 9.25. The smallest absolute Gasteiger partial charge is 0.144 e. The number of hydrogen-bond donors (Lipinski definition) is 0. The van der Waals surface area contributed by atoms with Crippen molar-refractivity contribution in [2.75, 3.05) is 0 Å². The Morgan fingerprint density at radius 1 is 1.06 bits per heavy atom. The number of benzene rings is 1. The van der Waals surface area contributed by atoms with E-state index in [2.05, 4.69) is 30.9 Å². The van der Waals surface area contributed by atoms with E-state index < -0.39 is 0 Å². The summed E-state index contributed by atoms with van der Waals surface area (Å²) in [5.74, 6) is 0. The number of nitrogens with zero attached hydrogens (tertiary/aromatic N) is 3. The highest BCUT2D eigenvalue weighted by Gasteiger charge is 2.09. The van der Waals surface area contributed by atoms with Crippen molar-refractivity contribution in [1.29, 1.82) is 0 Å². The summed E-state index contributed by atoms with van der Waals surface area (Å²) in [4.78, 5) is 12.9. The minimum absolute atomic E-state index is 0.806. The predicted molar refractivity (Wildman–Crippen MR) is 76.3 cm³/mol. The van der Waals surface area contributed by atoms with Crippen molar-refractivity contribution in [1.82, 2.24) is 15.0 Å². The lowest BCUT2D eigenvalue weighted by molar-refractivity contribution is 1.19. The maximum absolute atomic E-state index is 4.60. The van der Waals surface area contributed by atoms with E-state index in [9.17, 15) is 0 Å². The van der Waals surface area contributed by atoms with E-state index in [0.717, 1.165) is 26.4 Å². The maximum atomic E-state index is 4.60. The number of aromatic nitrogens is 3. The van der Waals surface area contributed by atoms with Crippen LogP contribution in [0.15, 0.2) is 52.7 Å². The van der Waals surface area contributed by atoms with Crippen LogP contribution in [0.5, 0.6) is 0 Å². The summed E-state index contributed by atoms with van der Waals surface area (Å²) >= 11 is 5.11. The molecule has 0 spiro atoms. The van der Waals surface area contributed by atoms with Gasteiger partial charge in [-0.25, -0.2) is 4.98 Å². The highest BCUT2D eigenvalue weighted by Crippen LogP contribution is 2.31. The fourth-order valence-electron chi connectivity index (χ4n) is 1.59. The van der Waals surface area contributed by atoms with Crippen molar-refractivity contribution in [2.24, 2.45) is 0 Å². The Morgan fingerprint density at radius 2 is 1.94 bits per heavy atom. The lowest BCUT2D eigenvalue weighted by Gasteiger charge is -1.99. The molecule has 0 atom stereocenters. The van der Waals surface area contributed by atoms with Crippen LogP contribution in [0, 0.1) is 0 Å². The average Bonchev–Trinajstić information content (AvgIpc) is 2.90. The summed E-state index contributed by atoms with van der Waals surface area (Å²) < 4.78 is 1.04. The van der Waals surface area contributed by atoms with Gasteiger partial charge in [-0.05, 0) is 6.07 Å². The van der Waals surface area contributed by atoms with Gasteiger partial charge in [0.15, 0.2) is 0 Å². The van der Waals surface area contributed by atoms with E-state index in [0.29, 0.717) is 0 Å². The third-order valence-corrected chi connectivity index (χ3v) is 3.99. The number of halogens is 1. The summed E-state index contributed by atoms with van der Waals surface area (Å²) in [6.07, 6.45) is 5.06. The molecule has 0 N–H and O–H groups in total. The van der Waals surface area contributed by atoms with Crippen LogP contribution in [0.1, 0.15) is 0 Å². The third kappa shape index (κ3) is 2.19. The Kier molecular flexibility index (Phi) is 3.17. The average molecular weight is 318 g/mol. The highest BCUT2D eigenvalue weighted by atomic mass is 79.9. The maximum Gasteiger partial charge on any atom is 0.144 e. The minimum Gasteiger partial charge on any atom is -0.261 e. The van der Waals surface area contributed by atoms with Crippen molar-refractivity contribution in [3.05, 3.63) is 52.7 Å². The SMILES string of the molecule is Brc1ccccc1-c1csc(-c2cnccn2)n1. The predicted octanol–water partition coefficient (Wildman–Crippen LogP) is 4.03. The van der Waals surface area contributed by atoms with Crippen molar-refractivity contribution >= 4 is 27.3 Å². The Labute approximate surface area is 117 Å². The number of rotatable bonds is 2. The van der Waals surface area contributed by atoms with Gasteiger partial charge < -0.3 is 0 Å². The molecule has 0 aliphatic rings. The van der Waals surface area contributed by atoms with E-state index >= 15 is 0 Å². The molecule has 0 saturated carbocycles. The van der Waals surface area contributed by atoms with Gasteiger partial charge in [-0.3, -0.25) is 9.97 Å². The molecule has 18 heavy (non-hydrogen) atoms. The quantitative estimate of drug-likeness (QED) is 0.716. The largest absolute Gasteiger partial charge is 0.261 e. The molecule has 0 aliphatic heterocycles. The van der Waals surface area contributed by atoms with Gasteiger partial charge in [0.1, 0.15) is 10.7 Å². The van der Waals surface area contributed by atoms with Crippen LogP contribution in [0.25, 0.3) is 22.0 Å². The molecule has 88 valence electrons. The number of thiazole rings is 1. The lowest BCUT2D eigenvalue weighted by Crippen LogP contribution is -1.84. The Morgan fingerprint density at radius 3 is 2.72 bits per heavy atom. The van der Waals surface area contributed by atoms with E-state index in [1.54, 1.807) is 29.9 Å². The molecule has 0 radical (unpaired) electrons. The molecule has 0 amide bonds. The fraction of sp³-hybridized carbons (Fsp3) is 0. The summed E-state index contributed by atoms with van der Waals surface area (Å²) in [5, 5.41) is 2.92. The topological polar surface area (TPSA) is 38.7 Å². The van der Waals surface area contributed by atoms with Gasteiger partial charge in [-0.1, -0.05) is 34.1 Å². The van der Waals surface area contributed by atoms with E-state index in [1.807, 2.05) is 29.6 Å². The monoisotopic (exact) mass is 317 g/mol. The van der Waals surface area contributed by atoms with Crippen molar-refractivity contribution in [3.8, 4) is 22.0 Å². The van der Waals surface area contributed by atoms with E-state index in [-0.39, 0.29) is 0 Å². The highest BCUT2D eigenvalue weighted by molar-refractivity contribution is 9.10. The Bertz CT molecular complexity index is 667. The van der Waals surface area contributed by atoms with Gasteiger partial charge in [0.2, 0.25) is 0 Å². The first kappa shape index (κ1) is 11.5. The van der Waals surface area contributed by atoms with Gasteiger partial charge in [0.05, 0.1) is 11.9 Å². The standard InChI is InChI=1S/C13H8BrN3S/c14-10-4-2-1-3-9(10)12-8-18-13(17-12)11-7-15-5-6-16-11/h1-8H. The second-order valence-corrected chi connectivity index (χ2v) is 5.32. The van der Waals surface area contributed by atoms with Gasteiger partial charge >= 0.3 is 0 Å². The Balaban J connectivity index is 2.03. The molecular formula is C13H8BrN3S. The molecule has 0 saturated heterocycles. The molecule has 0 fully saturated rings. The van der Waals surface area contributed by atoms with Crippen LogP contribution in [0.3, 0.4) is 0 Å². The van der Waals surface area contributed by atoms with Crippen molar-refractivity contribution < 1.29 is 0 Å². The molecule has 3 nitrogen and oxygen atoms in total. The van der Waals surface area contributed by atoms with Crippen LogP contribution in [-0.2, 0) is 0 Å². The molecule has 0 bridgehead atoms. The van der Waals surface area contributed by atoms with Crippen LogP contribution in [0.4, 0.5) is 0 Å². The van der Waals surface area contributed by atoms with Crippen LogP contribution >= 0.6 is 27.3 Å². The summed E-state index contributed by atoms with van der Waals surface area (Å²) in [6.45, 7) is 0. The molecule has 3 rings (SSSR count). The second kappa shape index (κ2) is 4.96. The van der Waals surface area contributed by atoms with E-state index in [4.69, 9.17) is 0 Å². The van der Waals surface area contributed by atoms with Crippen LogP contribution < -0.4 is 0 Å². The minimum atomic E-state index is 0.806.